The molecule has 4 heteroatoms. The van der Waals surface area contributed by atoms with Crippen LogP contribution in [0.25, 0.3) is 0 Å². The maximum Gasteiger partial charge on any atom is 0.225 e. The van der Waals surface area contributed by atoms with Crippen LogP contribution < -0.4 is 11.1 Å². The van der Waals surface area contributed by atoms with E-state index in [1.165, 1.54) is 6.42 Å². The monoisotopic (exact) mass is 275 g/mol. The van der Waals surface area contributed by atoms with Crippen LogP contribution in [0.5, 0.6) is 0 Å². The first-order valence-electron chi connectivity index (χ1n) is 7.40. The highest BCUT2D eigenvalue weighted by atomic mass is 16.1. The summed E-state index contributed by atoms with van der Waals surface area (Å²) in [6.45, 7) is 7.64. The second-order valence-corrected chi connectivity index (χ2v) is 6.13. The van der Waals surface area contributed by atoms with Gasteiger partial charge < -0.3 is 16.0 Å². The SMILES string of the molecule is CC1CC(C)CN(CCC(=O)Nc2ccc(N)cc2)C1. The van der Waals surface area contributed by atoms with E-state index in [1.807, 2.05) is 12.1 Å². The molecule has 0 spiro atoms. The fourth-order valence-electron chi connectivity index (χ4n) is 3.02. The Morgan fingerprint density at radius 1 is 1.25 bits per heavy atom. The van der Waals surface area contributed by atoms with Crippen LogP contribution in [0, 0.1) is 11.8 Å². The smallest absolute Gasteiger partial charge is 0.225 e. The van der Waals surface area contributed by atoms with Crippen molar-refractivity contribution >= 4 is 17.3 Å². The third-order valence-corrected chi connectivity index (χ3v) is 3.79. The van der Waals surface area contributed by atoms with Crippen LogP contribution >= 0.6 is 0 Å². The Kier molecular flexibility index (Phi) is 5.01. The summed E-state index contributed by atoms with van der Waals surface area (Å²) in [7, 11) is 0. The lowest BCUT2D eigenvalue weighted by atomic mass is 9.92. The number of nitrogens with two attached hydrogens (primary N) is 1. The summed E-state index contributed by atoms with van der Waals surface area (Å²) in [6, 6.07) is 7.25. The minimum absolute atomic E-state index is 0.0700. The van der Waals surface area contributed by atoms with Crippen molar-refractivity contribution in [2.24, 2.45) is 11.8 Å². The number of likely N-dealkylation sites (tertiary alicyclic amines) is 1. The summed E-state index contributed by atoms with van der Waals surface area (Å²) >= 11 is 0. The number of anilines is 2. The van der Waals surface area contributed by atoms with Gasteiger partial charge in [-0.25, -0.2) is 0 Å². The van der Waals surface area contributed by atoms with E-state index in [0.29, 0.717) is 12.1 Å². The second kappa shape index (κ2) is 6.75. The average Bonchev–Trinajstić information content (AvgIpc) is 2.38. The Bertz CT molecular complexity index is 434. The average molecular weight is 275 g/mol. The largest absolute Gasteiger partial charge is 0.399 e. The number of carbonyl (C=O) groups excluding carboxylic acids is 1. The molecule has 1 fully saturated rings. The highest BCUT2D eigenvalue weighted by Gasteiger charge is 2.21. The highest BCUT2D eigenvalue weighted by molar-refractivity contribution is 5.90. The van der Waals surface area contributed by atoms with E-state index in [1.54, 1.807) is 12.1 Å². The van der Waals surface area contributed by atoms with Crippen LogP contribution in [0.2, 0.25) is 0 Å². The molecular formula is C16H25N3O. The summed E-state index contributed by atoms with van der Waals surface area (Å²) in [6.07, 6.45) is 1.85. The predicted octanol–water partition coefficient (Wildman–Crippen LogP) is 2.58. The number of piperidine rings is 1. The molecule has 4 nitrogen and oxygen atoms in total. The molecule has 0 radical (unpaired) electrons. The lowest BCUT2D eigenvalue weighted by molar-refractivity contribution is -0.116. The van der Waals surface area contributed by atoms with E-state index in [-0.39, 0.29) is 5.91 Å². The van der Waals surface area contributed by atoms with Gasteiger partial charge in [0, 0.05) is 37.4 Å². The van der Waals surface area contributed by atoms with Crippen LogP contribution in [0.1, 0.15) is 26.7 Å². The predicted molar refractivity (Wildman–Crippen MR) is 83.5 cm³/mol. The number of hydrogen-bond acceptors (Lipinski definition) is 3. The molecule has 1 aliphatic heterocycles. The van der Waals surface area contributed by atoms with E-state index in [0.717, 1.165) is 37.2 Å². The van der Waals surface area contributed by atoms with Gasteiger partial charge in [-0.1, -0.05) is 13.8 Å². The molecule has 3 N–H and O–H groups in total. The molecule has 2 rings (SSSR count). The van der Waals surface area contributed by atoms with E-state index in [4.69, 9.17) is 5.73 Å². The number of carbonyl (C=O) groups is 1. The number of nitrogen functional groups attached to an aromatic ring is 1. The quantitative estimate of drug-likeness (QED) is 0.830. The number of hydrogen-bond donors (Lipinski definition) is 2. The van der Waals surface area contributed by atoms with Gasteiger partial charge in [0.2, 0.25) is 5.91 Å². The van der Waals surface area contributed by atoms with Gasteiger partial charge in [-0.05, 0) is 42.5 Å². The van der Waals surface area contributed by atoms with Crippen LogP contribution in [-0.2, 0) is 4.79 Å². The van der Waals surface area contributed by atoms with Crippen LogP contribution in [-0.4, -0.2) is 30.4 Å². The van der Waals surface area contributed by atoms with E-state index in [9.17, 15) is 4.79 Å². The molecule has 1 aromatic rings. The maximum atomic E-state index is 11.9. The second-order valence-electron chi connectivity index (χ2n) is 6.13. The zero-order chi connectivity index (χ0) is 14.5. The van der Waals surface area contributed by atoms with Crippen molar-refractivity contribution in [1.29, 1.82) is 0 Å². The standard InChI is InChI=1S/C16H25N3O/c1-12-9-13(2)11-19(10-12)8-7-16(20)18-15-5-3-14(17)4-6-15/h3-6,12-13H,7-11,17H2,1-2H3,(H,18,20). The van der Waals surface area contributed by atoms with Gasteiger partial charge in [0.25, 0.3) is 0 Å². The van der Waals surface area contributed by atoms with E-state index in [2.05, 4.69) is 24.1 Å². The summed E-state index contributed by atoms with van der Waals surface area (Å²) < 4.78 is 0. The molecule has 1 saturated heterocycles. The Morgan fingerprint density at radius 2 is 1.85 bits per heavy atom. The topological polar surface area (TPSA) is 58.4 Å². The number of nitrogens with zero attached hydrogens (tertiary/aromatic N) is 1. The fourth-order valence-corrected chi connectivity index (χ4v) is 3.02. The van der Waals surface area contributed by atoms with Gasteiger partial charge in [0.1, 0.15) is 0 Å². The third-order valence-electron chi connectivity index (χ3n) is 3.79. The lowest BCUT2D eigenvalue weighted by Crippen LogP contribution is -2.40. The first kappa shape index (κ1) is 14.9. The zero-order valence-electron chi connectivity index (χ0n) is 12.4. The van der Waals surface area contributed by atoms with E-state index < -0.39 is 0 Å². The van der Waals surface area contributed by atoms with Crippen molar-refractivity contribution in [2.75, 3.05) is 30.7 Å². The Balaban J connectivity index is 1.76. The molecule has 0 aliphatic carbocycles. The lowest BCUT2D eigenvalue weighted by Gasteiger charge is -2.34. The van der Waals surface area contributed by atoms with Crippen molar-refractivity contribution in [2.45, 2.75) is 26.7 Å². The molecule has 2 atom stereocenters. The molecule has 0 aromatic heterocycles. The molecule has 1 aromatic carbocycles. The zero-order valence-corrected chi connectivity index (χ0v) is 12.4. The minimum atomic E-state index is 0.0700. The van der Waals surface area contributed by atoms with Crippen molar-refractivity contribution in [3.8, 4) is 0 Å². The Morgan fingerprint density at radius 3 is 2.45 bits per heavy atom. The molecule has 110 valence electrons. The normalized spacial score (nSPS) is 23.5. The van der Waals surface area contributed by atoms with Crippen LogP contribution in [0.4, 0.5) is 11.4 Å². The van der Waals surface area contributed by atoms with Gasteiger partial charge in [0.05, 0.1) is 0 Å². The molecule has 20 heavy (non-hydrogen) atoms. The van der Waals surface area contributed by atoms with Crippen molar-refractivity contribution < 1.29 is 4.79 Å². The van der Waals surface area contributed by atoms with Gasteiger partial charge in [-0.15, -0.1) is 0 Å². The van der Waals surface area contributed by atoms with Gasteiger partial charge in [-0.2, -0.15) is 0 Å². The van der Waals surface area contributed by atoms with E-state index >= 15 is 0 Å². The number of benzene rings is 1. The first-order valence-corrected chi connectivity index (χ1v) is 7.40. The summed E-state index contributed by atoms with van der Waals surface area (Å²) in [4.78, 5) is 14.3. The molecule has 2 unspecified atom stereocenters. The summed E-state index contributed by atoms with van der Waals surface area (Å²) in [5.41, 5.74) is 7.14. The third kappa shape index (κ3) is 4.53. The molecule has 0 bridgehead atoms. The molecule has 1 aliphatic rings. The number of rotatable bonds is 4. The number of nitrogens with one attached hydrogen (secondary N) is 1. The number of amides is 1. The molecule has 1 heterocycles. The van der Waals surface area contributed by atoms with Crippen molar-refractivity contribution in [1.82, 2.24) is 4.90 Å². The minimum Gasteiger partial charge on any atom is -0.399 e. The summed E-state index contributed by atoms with van der Waals surface area (Å²) in [5, 5.41) is 2.91. The van der Waals surface area contributed by atoms with Crippen LogP contribution in [0.15, 0.2) is 24.3 Å². The van der Waals surface area contributed by atoms with Crippen molar-refractivity contribution in [3.05, 3.63) is 24.3 Å². The van der Waals surface area contributed by atoms with Gasteiger partial charge in [0.15, 0.2) is 0 Å². The first-order chi connectivity index (χ1) is 9.52. The van der Waals surface area contributed by atoms with Crippen molar-refractivity contribution in [3.63, 3.8) is 0 Å². The molecule has 1 amide bonds. The van der Waals surface area contributed by atoms with Gasteiger partial charge >= 0.3 is 0 Å². The van der Waals surface area contributed by atoms with Gasteiger partial charge in [-0.3, -0.25) is 4.79 Å². The summed E-state index contributed by atoms with van der Waals surface area (Å²) in [5.74, 6) is 1.54. The maximum absolute atomic E-state index is 11.9. The fraction of sp³-hybridized carbons (Fsp3) is 0.562. The molecular weight excluding hydrogens is 250 g/mol. The Labute approximate surface area is 121 Å². The Hall–Kier alpha value is -1.55. The molecule has 0 saturated carbocycles. The highest BCUT2D eigenvalue weighted by Crippen LogP contribution is 2.21. The van der Waals surface area contributed by atoms with Crippen LogP contribution in [0.3, 0.4) is 0 Å².